The average molecular weight is 228 g/mol. The van der Waals surface area contributed by atoms with E-state index in [1.54, 1.807) is 0 Å². The van der Waals surface area contributed by atoms with Gasteiger partial charge in [-0.1, -0.05) is 6.92 Å². The van der Waals surface area contributed by atoms with E-state index in [1.807, 2.05) is 13.8 Å². The minimum absolute atomic E-state index is 0.0972. The molecule has 94 valence electrons. The maximum Gasteiger partial charge on any atom is 0.327 e. The molecule has 0 aliphatic carbocycles. The lowest BCUT2D eigenvalue weighted by Crippen LogP contribution is -2.55. The summed E-state index contributed by atoms with van der Waals surface area (Å²) in [5.74, 6) is -0.0972. The Morgan fingerprint density at radius 3 is 2.62 bits per heavy atom. The number of hydrogen-bond donors (Lipinski definition) is 1. The van der Waals surface area contributed by atoms with Crippen molar-refractivity contribution in [1.82, 2.24) is 10.2 Å². The van der Waals surface area contributed by atoms with Crippen molar-refractivity contribution in [2.45, 2.75) is 45.7 Å². The Bertz CT molecular complexity index is 243. The molecule has 1 N–H and O–H groups in total. The van der Waals surface area contributed by atoms with Gasteiger partial charge in [-0.15, -0.1) is 0 Å². The van der Waals surface area contributed by atoms with Gasteiger partial charge in [0.25, 0.3) is 0 Å². The first-order valence-electron chi connectivity index (χ1n) is 6.22. The summed E-state index contributed by atoms with van der Waals surface area (Å²) in [6, 6.07) is 0.481. The number of nitrogens with one attached hydrogen (secondary N) is 1. The minimum Gasteiger partial charge on any atom is -0.465 e. The second-order valence-electron chi connectivity index (χ2n) is 4.65. The number of nitrogens with zero attached hydrogens (tertiary/aromatic N) is 1. The van der Waals surface area contributed by atoms with Crippen LogP contribution in [0.5, 0.6) is 0 Å². The Labute approximate surface area is 98.3 Å². The van der Waals surface area contributed by atoms with Crippen molar-refractivity contribution in [1.29, 1.82) is 0 Å². The lowest BCUT2D eigenvalue weighted by Gasteiger charge is -2.29. The van der Waals surface area contributed by atoms with Gasteiger partial charge in [0.2, 0.25) is 0 Å². The van der Waals surface area contributed by atoms with E-state index < -0.39 is 5.54 Å². The second kappa shape index (κ2) is 5.64. The number of rotatable bonds is 5. The summed E-state index contributed by atoms with van der Waals surface area (Å²) >= 11 is 0. The molecule has 0 spiro atoms. The molecule has 1 unspecified atom stereocenters. The van der Waals surface area contributed by atoms with Gasteiger partial charge in [0.15, 0.2) is 0 Å². The Morgan fingerprint density at radius 1 is 1.50 bits per heavy atom. The first-order chi connectivity index (χ1) is 7.55. The van der Waals surface area contributed by atoms with E-state index in [1.165, 1.54) is 0 Å². The number of likely N-dealkylation sites (N-methyl/N-ethyl adjacent to an activating group) is 1. The highest BCUT2D eigenvalue weighted by atomic mass is 16.5. The Kier molecular flexibility index (Phi) is 4.74. The first kappa shape index (κ1) is 13.5. The Morgan fingerprint density at radius 2 is 2.19 bits per heavy atom. The molecule has 0 amide bonds. The van der Waals surface area contributed by atoms with Crippen molar-refractivity contribution >= 4 is 5.97 Å². The Hall–Kier alpha value is -0.610. The highest BCUT2D eigenvalue weighted by Gasteiger charge is 2.45. The van der Waals surface area contributed by atoms with Crippen LogP contribution in [-0.2, 0) is 9.53 Å². The number of ether oxygens (including phenoxy) is 1. The van der Waals surface area contributed by atoms with Crippen molar-refractivity contribution < 1.29 is 9.53 Å². The molecule has 0 aromatic rings. The third kappa shape index (κ3) is 2.74. The fraction of sp³-hybridized carbons (Fsp3) is 0.917. The van der Waals surface area contributed by atoms with Gasteiger partial charge in [-0.25, -0.2) is 4.79 Å². The van der Waals surface area contributed by atoms with Crippen LogP contribution < -0.4 is 5.32 Å². The van der Waals surface area contributed by atoms with Gasteiger partial charge in [0.05, 0.1) is 6.61 Å². The van der Waals surface area contributed by atoms with Gasteiger partial charge in [0.1, 0.15) is 5.54 Å². The molecule has 4 nitrogen and oxygen atoms in total. The van der Waals surface area contributed by atoms with Crippen LogP contribution in [0.2, 0.25) is 0 Å². The van der Waals surface area contributed by atoms with Gasteiger partial charge in [-0.2, -0.15) is 0 Å². The summed E-state index contributed by atoms with van der Waals surface area (Å²) in [7, 11) is 0. The fourth-order valence-electron chi connectivity index (χ4n) is 2.27. The lowest BCUT2D eigenvalue weighted by atomic mass is 9.99. The SMILES string of the molecule is CCNC1(C(=O)OCC)CCN(C(C)C)C1. The molecule has 1 aliphatic rings. The highest BCUT2D eigenvalue weighted by Crippen LogP contribution is 2.24. The van der Waals surface area contributed by atoms with Crippen LogP contribution in [0.1, 0.15) is 34.1 Å². The van der Waals surface area contributed by atoms with Crippen LogP contribution in [0.3, 0.4) is 0 Å². The summed E-state index contributed by atoms with van der Waals surface area (Å²) in [5, 5.41) is 3.31. The van der Waals surface area contributed by atoms with Crippen LogP contribution in [0.25, 0.3) is 0 Å². The van der Waals surface area contributed by atoms with Crippen LogP contribution in [0, 0.1) is 0 Å². The van der Waals surface area contributed by atoms with Gasteiger partial charge < -0.3 is 10.1 Å². The molecule has 0 radical (unpaired) electrons. The van der Waals surface area contributed by atoms with E-state index in [4.69, 9.17) is 4.74 Å². The zero-order valence-electron chi connectivity index (χ0n) is 10.9. The predicted molar refractivity (Wildman–Crippen MR) is 64.4 cm³/mol. The van der Waals surface area contributed by atoms with E-state index in [9.17, 15) is 4.79 Å². The van der Waals surface area contributed by atoms with Crippen molar-refractivity contribution in [3.8, 4) is 0 Å². The summed E-state index contributed by atoms with van der Waals surface area (Å²) in [6.07, 6.45) is 0.845. The molecule has 1 heterocycles. The smallest absolute Gasteiger partial charge is 0.327 e. The number of hydrogen-bond acceptors (Lipinski definition) is 4. The van der Waals surface area contributed by atoms with Crippen molar-refractivity contribution in [2.24, 2.45) is 0 Å². The average Bonchev–Trinajstić information content (AvgIpc) is 2.64. The molecule has 1 fully saturated rings. The summed E-state index contributed by atoms with van der Waals surface area (Å²) in [4.78, 5) is 14.3. The third-order valence-electron chi connectivity index (χ3n) is 3.21. The zero-order valence-corrected chi connectivity index (χ0v) is 10.9. The Balaban J connectivity index is 2.71. The number of likely N-dealkylation sites (tertiary alicyclic amines) is 1. The standard InChI is InChI=1S/C12H24N2O2/c1-5-13-12(11(15)16-6-2)7-8-14(9-12)10(3)4/h10,13H,5-9H2,1-4H3. The predicted octanol–water partition coefficient (Wildman–Crippen LogP) is 1.01. The van der Waals surface area contributed by atoms with Crippen molar-refractivity contribution in [3.63, 3.8) is 0 Å². The molecule has 1 saturated heterocycles. The topological polar surface area (TPSA) is 41.6 Å². The number of esters is 1. The molecule has 16 heavy (non-hydrogen) atoms. The van der Waals surface area contributed by atoms with Crippen LogP contribution in [0.4, 0.5) is 0 Å². The van der Waals surface area contributed by atoms with E-state index in [0.717, 1.165) is 26.1 Å². The van der Waals surface area contributed by atoms with Crippen LogP contribution in [0.15, 0.2) is 0 Å². The molecular formula is C12H24N2O2. The molecule has 4 heteroatoms. The van der Waals surface area contributed by atoms with Gasteiger partial charge in [-0.05, 0) is 33.7 Å². The van der Waals surface area contributed by atoms with Gasteiger partial charge in [-0.3, -0.25) is 4.90 Å². The highest BCUT2D eigenvalue weighted by molar-refractivity contribution is 5.81. The maximum atomic E-state index is 12.0. The summed E-state index contributed by atoms with van der Waals surface area (Å²) in [6.45, 7) is 11.2. The van der Waals surface area contributed by atoms with Crippen molar-refractivity contribution in [3.05, 3.63) is 0 Å². The second-order valence-corrected chi connectivity index (χ2v) is 4.65. The maximum absolute atomic E-state index is 12.0. The molecule has 0 saturated carbocycles. The largest absolute Gasteiger partial charge is 0.465 e. The van der Waals surface area contributed by atoms with E-state index in [0.29, 0.717) is 12.6 Å². The zero-order chi connectivity index (χ0) is 12.2. The van der Waals surface area contributed by atoms with Crippen LogP contribution in [-0.4, -0.2) is 48.7 Å². The quantitative estimate of drug-likeness (QED) is 0.713. The minimum atomic E-state index is -0.477. The van der Waals surface area contributed by atoms with Gasteiger partial charge >= 0.3 is 5.97 Å². The molecule has 0 aromatic carbocycles. The fourth-order valence-corrected chi connectivity index (χ4v) is 2.27. The molecule has 1 rings (SSSR count). The molecule has 1 aliphatic heterocycles. The molecule has 1 atom stereocenters. The number of carbonyl (C=O) groups is 1. The van der Waals surface area contributed by atoms with E-state index >= 15 is 0 Å². The lowest BCUT2D eigenvalue weighted by molar-refractivity contribution is -0.150. The number of carbonyl (C=O) groups excluding carboxylic acids is 1. The van der Waals surface area contributed by atoms with Crippen LogP contribution >= 0.6 is 0 Å². The first-order valence-corrected chi connectivity index (χ1v) is 6.22. The van der Waals surface area contributed by atoms with E-state index in [2.05, 4.69) is 24.1 Å². The van der Waals surface area contributed by atoms with Gasteiger partial charge in [0, 0.05) is 19.1 Å². The summed E-state index contributed by atoms with van der Waals surface area (Å²) in [5.41, 5.74) is -0.477. The third-order valence-corrected chi connectivity index (χ3v) is 3.21. The molecular weight excluding hydrogens is 204 g/mol. The van der Waals surface area contributed by atoms with Crippen molar-refractivity contribution in [2.75, 3.05) is 26.2 Å². The molecule has 0 bridgehead atoms. The molecule has 0 aromatic heterocycles. The summed E-state index contributed by atoms with van der Waals surface area (Å²) < 4.78 is 5.18. The monoisotopic (exact) mass is 228 g/mol. The van der Waals surface area contributed by atoms with E-state index in [-0.39, 0.29) is 5.97 Å². The normalized spacial score (nSPS) is 26.3.